The summed E-state index contributed by atoms with van der Waals surface area (Å²) in [5.41, 5.74) is 3.19. The number of aliphatic hydroxyl groups is 1. The minimum absolute atomic E-state index is 0.151. The molecule has 0 aliphatic carbocycles. The number of benzene rings is 2. The SMILES string of the molecule is COc1cc(C=C2CCCN(C(CCO)c3cc(C)c(F)c(F)c3)C2=O)ccc1C. The van der Waals surface area contributed by atoms with E-state index in [4.69, 9.17) is 4.74 Å². The molecule has 30 heavy (non-hydrogen) atoms. The molecule has 0 aromatic heterocycles. The van der Waals surface area contributed by atoms with Crippen LogP contribution >= 0.6 is 0 Å². The summed E-state index contributed by atoms with van der Waals surface area (Å²) in [6.07, 6.45) is 3.49. The largest absolute Gasteiger partial charge is 0.496 e. The standard InChI is InChI=1S/C24H27F2NO3/c1-15-6-7-17(13-22(15)30-3)12-18-5-4-9-27(24(18)29)21(8-10-28)19-11-16(2)23(26)20(25)14-19/h6-7,11-14,21,28H,4-5,8-10H2,1-3H3. The number of hydrogen-bond acceptors (Lipinski definition) is 3. The first-order chi connectivity index (χ1) is 14.3. The fourth-order valence-electron chi connectivity index (χ4n) is 3.96. The first kappa shape index (κ1) is 22.0. The Morgan fingerprint density at radius 2 is 1.97 bits per heavy atom. The molecule has 1 fully saturated rings. The number of hydrogen-bond donors (Lipinski definition) is 1. The summed E-state index contributed by atoms with van der Waals surface area (Å²) in [6.45, 7) is 3.77. The summed E-state index contributed by atoms with van der Waals surface area (Å²) in [6, 6.07) is 7.91. The normalized spacial score (nSPS) is 16.8. The number of amides is 1. The van der Waals surface area contributed by atoms with Gasteiger partial charge >= 0.3 is 0 Å². The molecule has 1 atom stereocenters. The highest BCUT2D eigenvalue weighted by atomic mass is 19.2. The summed E-state index contributed by atoms with van der Waals surface area (Å²) in [7, 11) is 1.61. The zero-order chi connectivity index (χ0) is 21.8. The van der Waals surface area contributed by atoms with Crippen LogP contribution in [0.25, 0.3) is 6.08 Å². The van der Waals surface area contributed by atoms with E-state index in [-0.39, 0.29) is 24.5 Å². The Labute approximate surface area is 175 Å². The zero-order valence-electron chi connectivity index (χ0n) is 17.5. The molecule has 1 unspecified atom stereocenters. The highest BCUT2D eigenvalue weighted by Crippen LogP contribution is 2.33. The minimum Gasteiger partial charge on any atom is -0.496 e. The zero-order valence-corrected chi connectivity index (χ0v) is 17.5. The molecule has 3 rings (SSSR count). The number of ether oxygens (including phenoxy) is 1. The van der Waals surface area contributed by atoms with Gasteiger partial charge in [-0.1, -0.05) is 18.2 Å². The van der Waals surface area contributed by atoms with E-state index in [0.717, 1.165) is 29.4 Å². The van der Waals surface area contributed by atoms with Crippen molar-refractivity contribution in [2.45, 2.75) is 39.2 Å². The maximum Gasteiger partial charge on any atom is 0.250 e. The minimum atomic E-state index is -0.945. The number of halogens is 2. The lowest BCUT2D eigenvalue weighted by molar-refractivity contribution is -0.131. The van der Waals surface area contributed by atoms with Gasteiger partial charge in [-0.25, -0.2) is 8.78 Å². The van der Waals surface area contributed by atoms with Crippen LogP contribution in [0.4, 0.5) is 8.78 Å². The molecule has 1 N–H and O–H groups in total. The van der Waals surface area contributed by atoms with Gasteiger partial charge in [0, 0.05) is 18.7 Å². The van der Waals surface area contributed by atoms with Crippen LogP contribution in [0.15, 0.2) is 35.9 Å². The molecule has 1 amide bonds. The van der Waals surface area contributed by atoms with E-state index in [0.29, 0.717) is 24.1 Å². The Bertz CT molecular complexity index is 948. The van der Waals surface area contributed by atoms with Crippen LogP contribution in [0.2, 0.25) is 0 Å². The van der Waals surface area contributed by atoms with Gasteiger partial charge in [0.25, 0.3) is 0 Å². The average molecular weight is 415 g/mol. The molecule has 0 bridgehead atoms. The summed E-state index contributed by atoms with van der Waals surface area (Å²) < 4.78 is 33.1. The third-order valence-electron chi connectivity index (χ3n) is 5.55. The van der Waals surface area contributed by atoms with Crippen molar-refractivity contribution in [2.75, 3.05) is 20.3 Å². The van der Waals surface area contributed by atoms with Crippen LogP contribution in [0.3, 0.4) is 0 Å². The number of carbonyl (C=O) groups is 1. The van der Waals surface area contributed by atoms with Gasteiger partial charge in [0.1, 0.15) is 5.75 Å². The van der Waals surface area contributed by atoms with Crippen molar-refractivity contribution in [1.82, 2.24) is 4.90 Å². The first-order valence-electron chi connectivity index (χ1n) is 10.1. The number of nitrogens with zero attached hydrogens (tertiary/aromatic N) is 1. The molecule has 1 saturated heterocycles. The Morgan fingerprint density at radius 3 is 2.63 bits per heavy atom. The smallest absolute Gasteiger partial charge is 0.250 e. The van der Waals surface area contributed by atoms with Crippen molar-refractivity contribution < 1.29 is 23.4 Å². The summed E-state index contributed by atoms with van der Waals surface area (Å²) >= 11 is 0. The molecule has 2 aromatic rings. The number of likely N-dealkylation sites (tertiary alicyclic amines) is 1. The number of piperidine rings is 1. The third-order valence-corrected chi connectivity index (χ3v) is 5.55. The van der Waals surface area contributed by atoms with Gasteiger partial charge < -0.3 is 14.7 Å². The van der Waals surface area contributed by atoms with Gasteiger partial charge in [-0.15, -0.1) is 0 Å². The van der Waals surface area contributed by atoms with E-state index in [1.807, 2.05) is 31.2 Å². The molecule has 0 saturated carbocycles. The molecule has 4 nitrogen and oxygen atoms in total. The van der Waals surface area contributed by atoms with Crippen LogP contribution in [0.5, 0.6) is 5.75 Å². The predicted octanol–water partition coefficient (Wildman–Crippen LogP) is 4.72. The lowest BCUT2D eigenvalue weighted by atomic mass is 9.94. The number of methoxy groups -OCH3 is 1. The number of aryl methyl sites for hydroxylation is 2. The Morgan fingerprint density at radius 1 is 1.20 bits per heavy atom. The molecule has 1 heterocycles. The fraction of sp³-hybridized carbons (Fsp3) is 0.375. The molecule has 0 radical (unpaired) electrons. The molecular weight excluding hydrogens is 388 g/mol. The number of aliphatic hydroxyl groups excluding tert-OH is 1. The van der Waals surface area contributed by atoms with E-state index in [9.17, 15) is 18.7 Å². The highest BCUT2D eigenvalue weighted by molar-refractivity contribution is 5.98. The second kappa shape index (κ2) is 9.39. The fourth-order valence-corrected chi connectivity index (χ4v) is 3.96. The van der Waals surface area contributed by atoms with Crippen molar-refractivity contribution in [3.63, 3.8) is 0 Å². The van der Waals surface area contributed by atoms with E-state index < -0.39 is 17.7 Å². The lowest BCUT2D eigenvalue weighted by Gasteiger charge is -2.36. The quantitative estimate of drug-likeness (QED) is 0.695. The molecule has 1 aliphatic rings. The van der Waals surface area contributed by atoms with Gasteiger partial charge in [0.05, 0.1) is 13.2 Å². The predicted molar refractivity (Wildman–Crippen MR) is 112 cm³/mol. The van der Waals surface area contributed by atoms with Crippen molar-refractivity contribution in [3.8, 4) is 5.75 Å². The number of carbonyl (C=O) groups excluding carboxylic acids is 1. The van der Waals surface area contributed by atoms with Gasteiger partial charge in [-0.3, -0.25) is 4.79 Å². The summed E-state index contributed by atoms with van der Waals surface area (Å²) in [4.78, 5) is 14.9. The van der Waals surface area contributed by atoms with Crippen molar-refractivity contribution in [1.29, 1.82) is 0 Å². The van der Waals surface area contributed by atoms with Gasteiger partial charge in [-0.05, 0) is 73.6 Å². The van der Waals surface area contributed by atoms with Gasteiger partial charge in [-0.2, -0.15) is 0 Å². The van der Waals surface area contributed by atoms with Crippen molar-refractivity contribution in [2.24, 2.45) is 0 Å². The molecule has 0 spiro atoms. The van der Waals surface area contributed by atoms with E-state index >= 15 is 0 Å². The highest BCUT2D eigenvalue weighted by Gasteiger charge is 2.31. The van der Waals surface area contributed by atoms with Crippen molar-refractivity contribution >= 4 is 12.0 Å². The van der Waals surface area contributed by atoms with Crippen LogP contribution in [-0.2, 0) is 4.79 Å². The molecular formula is C24H27F2NO3. The molecule has 2 aromatic carbocycles. The maximum atomic E-state index is 14.0. The summed E-state index contributed by atoms with van der Waals surface area (Å²) in [5.74, 6) is -1.23. The Balaban J connectivity index is 1.94. The van der Waals surface area contributed by atoms with Crippen LogP contribution in [0.1, 0.15) is 47.6 Å². The lowest BCUT2D eigenvalue weighted by Crippen LogP contribution is -2.40. The van der Waals surface area contributed by atoms with Crippen molar-refractivity contribution in [3.05, 3.63) is 69.8 Å². The Hall–Kier alpha value is -2.73. The van der Waals surface area contributed by atoms with Crippen LogP contribution < -0.4 is 4.74 Å². The van der Waals surface area contributed by atoms with Gasteiger partial charge in [0.2, 0.25) is 5.91 Å². The summed E-state index contributed by atoms with van der Waals surface area (Å²) in [5, 5.41) is 9.56. The molecule has 6 heteroatoms. The van der Waals surface area contributed by atoms with Crippen LogP contribution in [-0.4, -0.2) is 36.2 Å². The Kier molecular flexibility index (Phi) is 6.87. The van der Waals surface area contributed by atoms with E-state index in [2.05, 4.69) is 0 Å². The average Bonchev–Trinajstić information content (AvgIpc) is 2.73. The third kappa shape index (κ3) is 4.54. The van der Waals surface area contributed by atoms with E-state index in [1.165, 1.54) is 6.92 Å². The van der Waals surface area contributed by atoms with Gasteiger partial charge in [0.15, 0.2) is 11.6 Å². The first-order valence-corrected chi connectivity index (χ1v) is 10.1. The maximum absolute atomic E-state index is 14.0. The van der Waals surface area contributed by atoms with E-state index in [1.54, 1.807) is 18.1 Å². The second-order valence-corrected chi connectivity index (χ2v) is 7.66. The monoisotopic (exact) mass is 415 g/mol. The second-order valence-electron chi connectivity index (χ2n) is 7.66. The molecule has 1 aliphatic heterocycles. The number of rotatable bonds is 6. The molecule has 160 valence electrons. The van der Waals surface area contributed by atoms with Crippen LogP contribution in [0, 0.1) is 25.5 Å². The topological polar surface area (TPSA) is 49.8 Å².